The van der Waals surface area contributed by atoms with Gasteiger partial charge in [-0.3, -0.25) is 0 Å². The number of benzene rings is 2. The fraction of sp³-hybridized carbons (Fsp3) is 0.364. The quantitative estimate of drug-likeness (QED) is 0.505. The zero-order chi connectivity index (χ0) is 19.7. The Bertz CT molecular complexity index is 941. The third kappa shape index (κ3) is 4.30. The van der Waals surface area contributed by atoms with Gasteiger partial charge < -0.3 is 0 Å². The first kappa shape index (κ1) is 19.6. The molecule has 0 amide bonds. The minimum absolute atomic E-state index is 0.168. The van der Waals surface area contributed by atoms with Gasteiger partial charge in [-0.15, -0.1) is 0 Å². The molecule has 2 bridgehead atoms. The second-order valence-corrected chi connectivity index (χ2v) is 11.5. The average molecular weight is 455 g/mol. The van der Waals surface area contributed by atoms with Crippen LogP contribution in [0.1, 0.15) is 26.2 Å². The van der Waals surface area contributed by atoms with Crippen molar-refractivity contribution in [3.05, 3.63) is 54.1 Å². The van der Waals surface area contributed by atoms with E-state index in [1.807, 2.05) is 11.8 Å². The number of carboxylic acid groups (broad SMARTS) is 1. The number of aliphatic carboxylic acids is 1. The summed E-state index contributed by atoms with van der Waals surface area (Å²) in [5.41, 5.74) is 0.168. The standard InChI is InChI=1S/C22H22GeO4S/c1-13(8-21(24)25)22(26)27-23-19-10-14-9-18(19)20(11-14)28-17-7-6-15-4-2-3-5-16(15)12-17/h2-8,12,14,18-20H,9-11H2,1H3,(H,24,25). The molecule has 0 heterocycles. The van der Waals surface area contributed by atoms with Crippen molar-refractivity contribution < 1.29 is 18.5 Å². The number of hydrogen-bond acceptors (Lipinski definition) is 4. The number of hydrogen-bond donors (Lipinski definition) is 1. The fourth-order valence-corrected chi connectivity index (χ4v) is 9.17. The van der Waals surface area contributed by atoms with Crippen molar-refractivity contribution in [2.45, 2.75) is 41.1 Å². The normalized spacial score (nSPS) is 26.5. The van der Waals surface area contributed by atoms with Gasteiger partial charge in [-0.2, -0.15) is 0 Å². The Morgan fingerprint density at radius 2 is 1.93 bits per heavy atom. The summed E-state index contributed by atoms with van der Waals surface area (Å²) in [5.74, 6) is -0.228. The maximum absolute atomic E-state index is 12.0. The second-order valence-electron chi connectivity index (χ2n) is 7.68. The molecule has 4 rings (SSSR count). The van der Waals surface area contributed by atoms with Crippen molar-refractivity contribution in [2.24, 2.45) is 11.8 Å². The van der Waals surface area contributed by atoms with Crippen LogP contribution in [-0.2, 0) is 13.4 Å². The Morgan fingerprint density at radius 3 is 2.68 bits per heavy atom. The zero-order valence-electron chi connectivity index (χ0n) is 15.6. The summed E-state index contributed by atoms with van der Waals surface area (Å²) >= 11 is 1.10. The molecule has 0 saturated heterocycles. The third-order valence-corrected chi connectivity index (χ3v) is 9.76. The molecule has 2 aliphatic carbocycles. The number of carboxylic acids is 1. The van der Waals surface area contributed by atoms with Gasteiger partial charge in [-0.05, 0) is 0 Å². The molecular formula is C22H22GeO4S. The molecule has 28 heavy (non-hydrogen) atoms. The number of carbonyl (C=O) groups is 2. The molecule has 1 N–H and O–H groups in total. The summed E-state index contributed by atoms with van der Waals surface area (Å²) in [7, 11) is 0. The Morgan fingerprint density at radius 1 is 1.14 bits per heavy atom. The number of fused-ring (bicyclic) bond motifs is 3. The fourth-order valence-electron chi connectivity index (χ4n) is 4.43. The first-order chi connectivity index (χ1) is 13.5. The van der Waals surface area contributed by atoms with Crippen molar-refractivity contribution in [1.29, 1.82) is 0 Å². The Labute approximate surface area is 175 Å². The van der Waals surface area contributed by atoms with Gasteiger partial charge in [0.2, 0.25) is 0 Å². The van der Waals surface area contributed by atoms with Crippen LogP contribution in [0.25, 0.3) is 10.8 Å². The Balaban J connectivity index is 1.38. The molecule has 2 saturated carbocycles. The van der Waals surface area contributed by atoms with E-state index in [9.17, 15) is 9.59 Å². The van der Waals surface area contributed by atoms with E-state index in [4.69, 9.17) is 8.87 Å². The van der Waals surface area contributed by atoms with Crippen LogP contribution in [0.15, 0.2) is 59.0 Å². The zero-order valence-corrected chi connectivity index (χ0v) is 18.5. The molecule has 0 spiro atoms. The average Bonchev–Trinajstić information content (AvgIpc) is 3.25. The third-order valence-electron chi connectivity index (χ3n) is 5.73. The van der Waals surface area contributed by atoms with Crippen LogP contribution in [0.3, 0.4) is 0 Å². The van der Waals surface area contributed by atoms with E-state index in [0.717, 1.165) is 18.4 Å². The summed E-state index contributed by atoms with van der Waals surface area (Å²) in [6, 6.07) is 15.1. The molecular weight excluding hydrogens is 433 g/mol. The molecule has 2 aromatic rings. The van der Waals surface area contributed by atoms with Crippen molar-refractivity contribution in [1.82, 2.24) is 0 Å². The summed E-state index contributed by atoms with van der Waals surface area (Å²) in [6.07, 6.45) is 4.57. The van der Waals surface area contributed by atoms with Gasteiger partial charge in [0.1, 0.15) is 0 Å². The minimum atomic E-state index is -1.11. The molecule has 2 radical (unpaired) electrons. The predicted octanol–water partition coefficient (Wildman–Crippen LogP) is 4.71. The van der Waals surface area contributed by atoms with Crippen LogP contribution < -0.4 is 0 Å². The molecule has 2 aromatic carbocycles. The van der Waals surface area contributed by atoms with Crippen molar-refractivity contribution in [3.63, 3.8) is 0 Å². The van der Waals surface area contributed by atoms with Gasteiger partial charge in [0.05, 0.1) is 0 Å². The van der Waals surface area contributed by atoms with Gasteiger partial charge in [0.25, 0.3) is 0 Å². The predicted molar refractivity (Wildman–Crippen MR) is 111 cm³/mol. The van der Waals surface area contributed by atoms with Crippen LogP contribution in [0.4, 0.5) is 0 Å². The van der Waals surface area contributed by atoms with E-state index in [0.29, 0.717) is 15.9 Å². The molecule has 144 valence electrons. The molecule has 4 atom stereocenters. The van der Waals surface area contributed by atoms with Crippen molar-refractivity contribution >= 4 is 50.2 Å². The number of thioether (sulfide) groups is 1. The Hall–Kier alpha value is -1.73. The van der Waals surface area contributed by atoms with Gasteiger partial charge >= 0.3 is 176 Å². The van der Waals surface area contributed by atoms with Crippen LogP contribution in [0.2, 0.25) is 4.75 Å². The molecule has 4 unspecified atom stereocenters. The van der Waals surface area contributed by atoms with Crippen molar-refractivity contribution in [3.8, 4) is 0 Å². The molecule has 4 nitrogen and oxygen atoms in total. The first-order valence-electron chi connectivity index (χ1n) is 9.53. The maximum atomic E-state index is 12.0. The first-order valence-corrected chi connectivity index (χ1v) is 12.5. The molecule has 2 aliphatic rings. The van der Waals surface area contributed by atoms with Gasteiger partial charge in [0, 0.05) is 0 Å². The van der Waals surface area contributed by atoms with Crippen LogP contribution in [-0.4, -0.2) is 38.1 Å². The summed E-state index contributed by atoms with van der Waals surface area (Å²) in [6.45, 7) is 1.50. The van der Waals surface area contributed by atoms with Gasteiger partial charge in [0.15, 0.2) is 0 Å². The van der Waals surface area contributed by atoms with E-state index in [1.165, 1.54) is 35.4 Å². The Kier molecular flexibility index (Phi) is 5.83. The second kappa shape index (κ2) is 8.33. The number of rotatable bonds is 6. The number of carbonyl (C=O) groups excluding carboxylic acids is 1. The molecule has 0 aromatic heterocycles. The summed E-state index contributed by atoms with van der Waals surface area (Å²) in [4.78, 5) is 24.0. The summed E-state index contributed by atoms with van der Waals surface area (Å²) < 4.78 is 6.04. The van der Waals surface area contributed by atoms with Crippen molar-refractivity contribution in [2.75, 3.05) is 0 Å². The molecule has 6 heteroatoms. The summed E-state index contributed by atoms with van der Waals surface area (Å²) in [5, 5.41) is 11.9. The van der Waals surface area contributed by atoms with E-state index >= 15 is 0 Å². The van der Waals surface area contributed by atoms with Gasteiger partial charge in [-0.25, -0.2) is 0 Å². The SMILES string of the molecule is CC(=CC(=O)O)C(=O)[O][Ge][CH]1CC2CC(Sc3ccc4ccccc4c3)C1C2. The van der Waals surface area contributed by atoms with E-state index in [1.54, 1.807) is 0 Å². The molecule has 0 aliphatic heterocycles. The topological polar surface area (TPSA) is 63.6 Å². The molecule has 2 fully saturated rings. The van der Waals surface area contributed by atoms with Crippen LogP contribution in [0, 0.1) is 11.8 Å². The monoisotopic (exact) mass is 456 g/mol. The van der Waals surface area contributed by atoms with Gasteiger partial charge in [-0.1, -0.05) is 0 Å². The van der Waals surface area contributed by atoms with Crippen LogP contribution >= 0.6 is 11.8 Å². The van der Waals surface area contributed by atoms with E-state index < -0.39 is 27.7 Å². The van der Waals surface area contributed by atoms with Crippen LogP contribution in [0.5, 0.6) is 0 Å². The van der Waals surface area contributed by atoms with E-state index in [-0.39, 0.29) is 5.57 Å². The van der Waals surface area contributed by atoms with E-state index in [2.05, 4.69) is 42.5 Å².